The van der Waals surface area contributed by atoms with Crippen molar-refractivity contribution in [2.45, 2.75) is 26.1 Å². The fourth-order valence-corrected chi connectivity index (χ4v) is 5.18. The number of carbonyl (C=O) groups excluding carboxylic acids is 1. The largest absolute Gasteiger partial charge is 0.497 e. The molecule has 0 amide bonds. The number of ether oxygens (including phenoxy) is 5. The van der Waals surface area contributed by atoms with Crippen LogP contribution in [-0.2, 0) is 21.7 Å². The lowest BCUT2D eigenvalue weighted by molar-refractivity contribution is -0.185. The van der Waals surface area contributed by atoms with E-state index in [9.17, 15) is 9.90 Å². The zero-order valence-corrected chi connectivity index (χ0v) is 23.7. The molecule has 40 heavy (non-hydrogen) atoms. The molecule has 208 valence electrons. The van der Waals surface area contributed by atoms with E-state index < -0.39 is 11.8 Å². The number of carbonyl (C=O) groups is 1. The summed E-state index contributed by atoms with van der Waals surface area (Å²) in [6.07, 6.45) is 0.147. The number of fused-ring (bicyclic) bond motifs is 1. The highest BCUT2D eigenvalue weighted by atomic mass is 32.1. The lowest BCUT2D eigenvalue weighted by Gasteiger charge is -2.26. The number of hydrogen-bond acceptors (Lipinski definition) is 10. The highest BCUT2D eigenvalue weighted by Gasteiger charge is 2.48. The Balaban J connectivity index is 1.66. The second-order valence-electron chi connectivity index (χ2n) is 9.79. The molecular weight excluding hydrogens is 532 g/mol. The topological polar surface area (TPSA) is 109 Å². The first kappa shape index (κ1) is 27.4. The maximum Gasteiger partial charge on any atom is 0.342 e. The highest BCUT2D eigenvalue weighted by molar-refractivity contribution is 7.00. The number of benzene rings is 3. The third kappa shape index (κ3) is 5.07. The first-order valence-corrected chi connectivity index (χ1v) is 13.4. The summed E-state index contributed by atoms with van der Waals surface area (Å²) >= 11 is 1.09. The molecule has 1 atom stereocenters. The van der Waals surface area contributed by atoms with E-state index in [1.807, 2.05) is 12.1 Å². The summed E-state index contributed by atoms with van der Waals surface area (Å²) in [5, 5.41) is 12.0. The minimum Gasteiger partial charge on any atom is -0.497 e. The Labute approximate surface area is 236 Å². The van der Waals surface area contributed by atoms with Crippen LogP contribution in [0.15, 0.2) is 60.2 Å². The second-order valence-corrected chi connectivity index (χ2v) is 10.3. The molecule has 1 aliphatic rings. The molecule has 0 fully saturated rings. The predicted molar refractivity (Wildman–Crippen MR) is 151 cm³/mol. The van der Waals surface area contributed by atoms with Crippen molar-refractivity contribution >= 4 is 34.3 Å². The molecule has 0 radical (unpaired) electrons. The van der Waals surface area contributed by atoms with Gasteiger partial charge in [-0.15, -0.1) is 0 Å². The van der Waals surface area contributed by atoms with Crippen molar-refractivity contribution in [3.63, 3.8) is 0 Å². The summed E-state index contributed by atoms with van der Waals surface area (Å²) in [4.78, 5) is 13.4. The average Bonchev–Trinajstić information content (AvgIpc) is 3.53. The van der Waals surface area contributed by atoms with E-state index in [4.69, 9.17) is 23.7 Å². The minimum absolute atomic E-state index is 0.147. The molecule has 0 saturated carbocycles. The fraction of sp³-hybridized carbons (Fsp3) is 0.300. The van der Waals surface area contributed by atoms with E-state index in [-0.39, 0.29) is 12.0 Å². The molecule has 0 bridgehead atoms. The Hall–Kier alpha value is -4.15. The van der Waals surface area contributed by atoms with E-state index in [1.54, 1.807) is 63.8 Å². The van der Waals surface area contributed by atoms with Crippen LogP contribution in [0.3, 0.4) is 0 Å². The van der Waals surface area contributed by atoms with Gasteiger partial charge in [0, 0.05) is 17.6 Å². The van der Waals surface area contributed by atoms with E-state index in [1.165, 1.54) is 0 Å². The molecule has 0 saturated heterocycles. The third-order valence-electron chi connectivity index (χ3n) is 6.64. The smallest absolute Gasteiger partial charge is 0.342 e. The Kier molecular flexibility index (Phi) is 7.64. The maximum atomic E-state index is 13.4. The van der Waals surface area contributed by atoms with Gasteiger partial charge in [0.25, 0.3) is 5.79 Å². The fourth-order valence-electron chi connectivity index (χ4n) is 4.66. The predicted octanol–water partition coefficient (Wildman–Crippen LogP) is 5.15. The lowest BCUT2D eigenvalue weighted by atomic mass is 9.88. The van der Waals surface area contributed by atoms with E-state index in [2.05, 4.69) is 22.6 Å². The Morgan fingerprint density at radius 1 is 0.925 bits per heavy atom. The molecular formula is C30H30N2O7S. The van der Waals surface area contributed by atoms with Crippen molar-refractivity contribution < 1.29 is 33.6 Å². The van der Waals surface area contributed by atoms with E-state index >= 15 is 0 Å². The van der Waals surface area contributed by atoms with Crippen LogP contribution in [-0.4, -0.2) is 47.8 Å². The summed E-state index contributed by atoms with van der Waals surface area (Å²) in [6, 6.07) is 15.7. The van der Waals surface area contributed by atoms with Gasteiger partial charge < -0.3 is 28.8 Å². The van der Waals surface area contributed by atoms with Crippen molar-refractivity contribution in [3.8, 4) is 23.0 Å². The number of cyclic esters (lactones) is 1. The van der Waals surface area contributed by atoms with Crippen molar-refractivity contribution in [1.82, 2.24) is 8.75 Å². The number of rotatable bonds is 10. The van der Waals surface area contributed by atoms with Gasteiger partial charge in [-0.05, 0) is 65.6 Å². The molecule has 2 heterocycles. The van der Waals surface area contributed by atoms with Gasteiger partial charge in [0.2, 0.25) is 5.75 Å². The zero-order valence-electron chi connectivity index (χ0n) is 22.9. The van der Waals surface area contributed by atoms with Gasteiger partial charge in [-0.3, -0.25) is 0 Å². The van der Waals surface area contributed by atoms with E-state index in [0.29, 0.717) is 57.7 Å². The molecule has 0 spiro atoms. The summed E-state index contributed by atoms with van der Waals surface area (Å²) in [7, 11) is 4.67. The second kappa shape index (κ2) is 11.1. The number of aromatic nitrogens is 2. The molecule has 3 aromatic carbocycles. The summed E-state index contributed by atoms with van der Waals surface area (Å²) in [5.74, 6) is -0.324. The van der Waals surface area contributed by atoms with Crippen LogP contribution in [0.2, 0.25) is 0 Å². The standard InChI is InChI=1S/C30H30N2O7S/c1-17(2)16-38-28-25(36-4)13-18(14-26(28)37-5)12-22-27(19-6-11-23-24(15-19)32-40-31-23)29(33)39-30(22,34)20-7-9-21(35-3)10-8-20/h6-11,13-15,17,34H,12,16H2,1-5H3. The van der Waals surface area contributed by atoms with Gasteiger partial charge in [-0.2, -0.15) is 8.75 Å². The number of esters is 1. The maximum absolute atomic E-state index is 13.4. The number of nitrogens with zero attached hydrogens (tertiary/aromatic N) is 2. The summed E-state index contributed by atoms with van der Waals surface area (Å²) in [6.45, 7) is 4.59. The van der Waals surface area contributed by atoms with Gasteiger partial charge >= 0.3 is 5.97 Å². The van der Waals surface area contributed by atoms with Crippen molar-refractivity contribution in [2.24, 2.45) is 5.92 Å². The van der Waals surface area contributed by atoms with Crippen molar-refractivity contribution in [3.05, 3.63) is 76.9 Å². The first-order valence-electron chi connectivity index (χ1n) is 12.7. The van der Waals surface area contributed by atoms with Gasteiger partial charge in [0.15, 0.2) is 11.5 Å². The Bertz CT molecular complexity index is 1550. The lowest BCUT2D eigenvalue weighted by Crippen LogP contribution is -2.29. The molecule has 5 rings (SSSR count). The molecule has 4 aromatic rings. The van der Waals surface area contributed by atoms with E-state index in [0.717, 1.165) is 22.8 Å². The number of aliphatic hydroxyl groups is 1. The number of hydrogen-bond donors (Lipinski definition) is 1. The van der Waals surface area contributed by atoms with Gasteiger partial charge in [-0.25, -0.2) is 4.79 Å². The van der Waals surface area contributed by atoms with Crippen molar-refractivity contribution in [2.75, 3.05) is 27.9 Å². The highest BCUT2D eigenvalue weighted by Crippen LogP contribution is 2.47. The van der Waals surface area contributed by atoms with Crippen LogP contribution >= 0.6 is 11.7 Å². The van der Waals surface area contributed by atoms with Crippen LogP contribution in [0.1, 0.15) is 30.5 Å². The van der Waals surface area contributed by atoms with Gasteiger partial charge in [0.05, 0.1) is 45.2 Å². The zero-order chi connectivity index (χ0) is 28.4. The van der Waals surface area contributed by atoms with Crippen LogP contribution in [0, 0.1) is 5.92 Å². The normalized spacial score (nSPS) is 16.9. The van der Waals surface area contributed by atoms with Crippen molar-refractivity contribution in [1.29, 1.82) is 0 Å². The summed E-state index contributed by atoms with van der Waals surface area (Å²) in [5.41, 5.74) is 3.67. The molecule has 9 nitrogen and oxygen atoms in total. The quantitative estimate of drug-likeness (QED) is 0.263. The monoisotopic (exact) mass is 562 g/mol. The first-order chi connectivity index (χ1) is 19.3. The third-order valence-corrected chi connectivity index (χ3v) is 7.20. The SMILES string of the molecule is COc1ccc(C2(O)OC(=O)C(c3ccc4nsnc4c3)=C2Cc2cc(OC)c(OCC(C)C)c(OC)c2)cc1. The molecule has 1 unspecified atom stereocenters. The van der Waals surface area contributed by atoms with Crippen LogP contribution < -0.4 is 18.9 Å². The molecule has 1 N–H and O–H groups in total. The molecule has 1 aliphatic heterocycles. The Morgan fingerprint density at radius 2 is 1.60 bits per heavy atom. The molecule has 10 heteroatoms. The summed E-state index contributed by atoms with van der Waals surface area (Å²) < 4.78 is 36.9. The van der Waals surface area contributed by atoms with Crippen LogP contribution in [0.5, 0.6) is 23.0 Å². The minimum atomic E-state index is -2.03. The Morgan fingerprint density at radius 3 is 2.23 bits per heavy atom. The van der Waals surface area contributed by atoms with Crippen LogP contribution in [0.4, 0.5) is 0 Å². The molecule has 1 aromatic heterocycles. The van der Waals surface area contributed by atoms with Crippen LogP contribution in [0.25, 0.3) is 16.6 Å². The van der Waals surface area contributed by atoms with Gasteiger partial charge in [0.1, 0.15) is 16.8 Å². The average molecular weight is 563 g/mol. The van der Waals surface area contributed by atoms with Gasteiger partial charge in [-0.1, -0.05) is 19.9 Å². The number of methoxy groups -OCH3 is 3. The molecule has 0 aliphatic carbocycles.